The second-order valence-corrected chi connectivity index (χ2v) is 6.63. The lowest BCUT2D eigenvalue weighted by atomic mass is 9.96. The van der Waals surface area contributed by atoms with E-state index in [4.69, 9.17) is 19.3 Å². The van der Waals surface area contributed by atoms with Crippen molar-refractivity contribution in [2.45, 2.75) is 77.9 Å². The van der Waals surface area contributed by atoms with Crippen LogP contribution in [0.5, 0.6) is 11.5 Å². The van der Waals surface area contributed by atoms with Gasteiger partial charge in [-0.15, -0.1) is 0 Å². The number of ether oxygens (including phenoxy) is 3. The summed E-state index contributed by atoms with van der Waals surface area (Å²) in [5.41, 5.74) is 0.415. The maximum Gasteiger partial charge on any atom is 0.511 e. The van der Waals surface area contributed by atoms with Gasteiger partial charge in [0.1, 0.15) is 0 Å². The summed E-state index contributed by atoms with van der Waals surface area (Å²) >= 11 is 0. The van der Waals surface area contributed by atoms with E-state index in [1.54, 1.807) is 12.1 Å². The highest BCUT2D eigenvalue weighted by Gasteiger charge is 2.37. The van der Waals surface area contributed by atoms with Gasteiger partial charge < -0.3 is 24.4 Å². The number of unbranched alkanes of at least 4 members (excludes halogenated alkanes) is 4. The molecule has 0 unspecified atom stereocenters. The fourth-order valence-corrected chi connectivity index (χ4v) is 2.98. The first kappa shape index (κ1) is 23.2. The van der Waals surface area contributed by atoms with Gasteiger partial charge in [-0.2, -0.15) is 0 Å². The van der Waals surface area contributed by atoms with Gasteiger partial charge in [0.25, 0.3) is 0 Å². The van der Waals surface area contributed by atoms with Crippen LogP contribution < -0.4 is 4.74 Å². The quantitative estimate of drug-likeness (QED) is 0.183. The topological polar surface area (TPSA) is 85.2 Å². The summed E-state index contributed by atoms with van der Waals surface area (Å²) in [7, 11) is 0. The van der Waals surface area contributed by atoms with E-state index in [0.717, 1.165) is 32.1 Å². The van der Waals surface area contributed by atoms with Gasteiger partial charge in [-0.3, -0.25) is 0 Å². The van der Waals surface area contributed by atoms with Crippen molar-refractivity contribution in [1.82, 2.24) is 0 Å². The van der Waals surface area contributed by atoms with Crippen LogP contribution in [0.4, 0.5) is 4.79 Å². The van der Waals surface area contributed by atoms with E-state index in [1.165, 1.54) is 18.9 Å². The van der Waals surface area contributed by atoms with E-state index >= 15 is 0 Å². The molecule has 1 rings (SSSR count). The Labute approximate surface area is 162 Å². The molecule has 2 N–H and O–H groups in total. The normalized spacial score (nSPS) is 11.5. The number of hydrogen-bond donors (Lipinski definition) is 2. The van der Waals surface area contributed by atoms with Crippen molar-refractivity contribution >= 4 is 6.16 Å². The first-order valence-electron chi connectivity index (χ1n) is 10.0. The van der Waals surface area contributed by atoms with Crippen LogP contribution in [0.3, 0.4) is 0 Å². The summed E-state index contributed by atoms with van der Waals surface area (Å²) in [5, 5.41) is 19.6. The number of para-hydroxylation sites is 1. The van der Waals surface area contributed by atoms with E-state index in [2.05, 4.69) is 6.92 Å². The summed E-state index contributed by atoms with van der Waals surface area (Å²) in [5.74, 6) is -1.48. The lowest BCUT2D eigenvalue weighted by Gasteiger charge is -2.35. The number of carboxylic acid groups (broad SMARTS) is 1. The molecule has 0 atom stereocenters. The maximum atomic E-state index is 10.9. The molecule has 154 valence electrons. The van der Waals surface area contributed by atoms with Gasteiger partial charge in [-0.25, -0.2) is 4.79 Å². The minimum atomic E-state index is -1.48. The molecule has 1 aromatic carbocycles. The van der Waals surface area contributed by atoms with Gasteiger partial charge in [-0.05, 0) is 31.4 Å². The van der Waals surface area contributed by atoms with Gasteiger partial charge in [-0.1, -0.05) is 52.5 Å². The van der Waals surface area contributed by atoms with E-state index < -0.39 is 11.9 Å². The van der Waals surface area contributed by atoms with E-state index in [0.29, 0.717) is 25.2 Å². The predicted octanol–water partition coefficient (Wildman–Crippen LogP) is 5.82. The molecule has 0 aliphatic carbocycles. The van der Waals surface area contributed by atoms with Crippen molar-refractivity contribution < 1.29 is 29.2 Å². The third-order valence-electron chi connectivity index (χ3n) is 4.29. The minimum Gasteiger partial charge on any atom is -0.504 e. The molecule has 0 amide bonds. The lowest BCUT2D eigenvalue weighted by molar-refractivity contribution is -0.252. The SMILES string of the molecule is CCCCCCCC(OCCC)(OCCC)c1cccc(OC(=O)O)c1O. The van der Waals surface area contributed by atoms with Crippen LogP contribution in [0.1, 0.15) is 77.7 Å². The Morgan fingerprint density at radius 1 is 0.963 bits per heavy atom. The van der Waals surface area contributed by atoms with Gasteiger partial charge >= 0.3 is 6.16 Å². The Balaban J connectivity index is 3.17. The Morgan fingerprint density at radius 3 is 2.15 bits per heavy atom. The summed E-state index contributed by atoms with van der Waals surface area (Å²) in [6.45, 7) is 7.14. The number of aromatic hydroxyl groups is 1. The monoisotopic (exact) mass is 382 g/mol. The van der Waals surface area contributed by atoms with Crippen molar-refractivity contribution in [2.24, 2.45) is 0 Å². The van der Waals surface area contributed by atoms with Crippen molar-refractivity contribution in [3.05, 3.63) is 23.8 Å². The molecular formula is C21H34O6. The fraction of sp³-hybridized carbons (Fsp3) is 0.667. The largest absolute Gasteiger partial charge is 0.511 e. The first-order valence-corrected chi connectivity index (χ1v) is 10.0. The van der Waals surface area contributed by atoms with Crippen LogP contribution in [0, 0.1) is 0 Å². The second kappa shape index (κ2) is 12.6. The Morgan fingerprint density at radius 2 is 1.59 bits per heavy atom. The van der Waals surface area contributed by atoms with Crippen LogP contribution in [-0.4, -0.2) is 29.6 Å². The molecule has 6 nitrogen and oxygen atoms in total. The Hall–Kier alpha value is -1.79. The predicted molar refractivity (Wildman–Crippen MR) is 104 cm³/mol. The van der Waals surface area contributed by atoms with Crippen LogP contribution in [0.15, 0.2) is 18.2 Å². The number of rotatable bonds is 14. The molecule has 0 aliphatic heterocycles. The molecule has 0 saturated heterocycles. The van der Waals surface area contributed by atoms with Gasteiger partial charge in [0, 0.05) is 6.42 Å². The highest BCUT2D eigenvalue weighted by Crippen LogP contribution is 2.42. The second-order valence-electron chi connectivity index (χ2n) is 6.63. The molecular weight excluding hydrogens is 348 g/mol. The highest BCUT2D eigenvalue weighted by molar-refractivity contribution is 5.63. The molecule has 0 heterocycles. The Kier molecular flexibility index (Phi) is 10.8. The van der Waals surface area contributed by atoms with Crippen LogP contribution in [0.2, 0.25) is 0 Å². The van der Waals surface area contributed by atoms with Crippen LogP contribution >= 0.6 is 0 Å². The van der Waals surface area contributed by atoms with Crippen LogP contribution in [0.25, 0.3) is 0 Å². The van der Waals surface area contributed by atoms with Crippen molar-refractivity contribution in [1.29, 1.82) is 0 Å². The molecule has 0 fully saturated rings. The van der Waals surface area contributed by atoms with E-state index in [9.17, 15) is 9.90 Å². The molecule has 0 radical (unpaired) electrons. The van der Waals surface area contributed by atoms with Gasteiger partial charge in [0.15, 0.2) is 17.3 Å². The van der Waals surface area contributed by atoms with E-state index in [1.807, 2.05) is 13.8 Å². The molecule has 27 heavy (non-hydrogen) atoms. The van der Waals surface area contributed by atoms with Crippen molar-refractivity contribution in [3.63, 3.8) is 0 Å². The Bertz CT molecular complexity index is 550. The zero-order valence-electron chi connectivity index (χ0n) is 16.8. The average Bonchev–Trinajstić information content (AvgIpc) is 2.65. The molecule has 0 aliphatic rings. The molecule has 0 spiro atoms. The zero-order valence-corrected chi connectivity index (χ0v) is 16.8. The molecule has 6 heteroatoms. The number of carbonyl (C=O) groups is 1. The van der Waals surface area contributed by atoms with Crippen LogP contribution in [-0.2, 0) is 15.3 Å². The average molecular weight is 382 g/mol. The molecule has 0 aromatic heterocycles. The summed E-state index contributed by atoms with van der Waals surface area (Å²) in [4.78, 5) is 10.9. The van der Waals surface area contributed by atoms with Crippen molar-refractivity contribution in [2.75, 3.05) is 13.2 Å². The molecule has 0 bridgehead atoms. The maximum absolute atomic E-state index is 10.9. The number of phenols is 1. The highest BCUT2D eigenvalue weighted by atomic mass is 16.7. The van der Waals surface area contributed by atoms with Gasteiger partial charge in [0.2, 0.25) is 0 Å². The third-order valence-corrected chi connectivity index (χ3v) is 4.29. The summed E-state index contributed by atoms with van der Waals surface area (Å²) in [6.07, 6.45) is 6.15. The van der Waals surface area contributed by atoms with Gasteiger partial charge in [0.05, 0.1) is 18.8 Å². The summed E-state index contributed by atoms with van der Waals surface area (Å²) < 4.78 is 17.0. The smallest absolute Gasteiger partial charge is 0.504 e. The standard InChI is InChI=1S/C21H34O6/c1-4-7-8-9-10-14-21(25-15-5-2,26-16-6-3)17-12-11-13-18(19(17)22)27-20(23)24/h11-13,22H,4-10,14-16H2,1-3H3,(H,23,24). The summed E-state index contributed by atoms with van der Waals surface area (Å²) in [6, 6.07) is 4.77. The van der Waals surface area contributed by atoms with Crippen molar-refractivity contribution in [3.8, 4) is 11.5 Å². The lowest BCUT2D eigenvalue weighted by Crippen LogP contribution is -2.34. The molecule has 0 saturated carbocycles. The van der Waals surface area contributed by atoms with E-state index in [-0.39, 0.29) is 11.5 Å². The number of hydrogen-bond acceptors (Lipinski definition) is 5. The third kappa shape index (κ3) is 7.39. The first-order chi connectivity index (χ1) is 13.0. The number of phenolic OH excluding ortho intramolecular Hbond substituents is 1. The molecule has 1 aromatic rings. The minimum absolute atomic E-state index is 0.115. The zero-order chi connectivity index (χ0) is 20.1. The number of benzene rings is 1. The fourth-order valence-electron chi connectivity index (χ4n) is 2.98.